The minimum atomic E-state index is -1.16. The second-order valence-corrected chi connectivity index (χ2v) is 8.69. The largest absolute Gasteiger partial charge is 0.481 e. The second kappa shape index (κ2) is 11.1. The Kier molecular flexibility index (Phi) is 8.21. The van der Waals surface area contributed by atoms with Gasteiger partial charge in [-0.2, -0.15) is 0 Å². The van der Waals surface area contributed by atoms with Gasteiger partial charge < -0.3 is 24.8 Å². The fraction of sp³-hybridized carbons (Fsp3) is 0.500. The lowest BCUT2D eigenvalue weighted by Crippen LogP contribution is -2.50. The van der Waals surface area contributed by atoms with Crippen molar-refractivity contribution in [3.8, 4) is 11.3 Å². The fourth-order valence-electron chi connectivity index (χ4n) is 4.55. The molecule has 0 unspecified atom stereocenters. The smallest absolute Gasteiger partial charge is 0.328 e. The van der Waals surface area contributed by atoms with E-state index in [9.17, 15) is 24.6 Å². The first-order valence-corrected chi connectivity index (χ1v) is 11.2. The van der Waals surface area contributed by atoms with Crippen LogP contribution in [0, 0.1) is 11.3 Å². The van der Waals surface area contributed by atoms with Crippen molar-refractivity contribution in [1.82, 2.24) is 14.9 Å². The number of ether oxygens (including phenoxy) is 1. The number of aromatic nitrogens is 2. The number of nitrogens with zero attached hydrogens (tertiary/aromatic N) is 2. The quantitative estimate of drug-likeness (QED) is 0.447. The zero-order valence-corrected chi connectivity index (χ0v) is 18.8. The lowest BCUT2D eigenvalue weighted by molar-refractivity contribution is -0.148. The molecule has 0 radical (unpaired) electrons. The molecule has 9 heteroatoms. The first kappa shape index (κ1) is 24.4. The Bertz CT molecular complexity index is 952. The van der Waals surface area contributed by atoms with Gasteiger partial charge in [0.2, 0.25) is 5.91 Å². The van der Waals surface area contributed by atoms with Crippen LogP contribution in [0.25, 0.3) is 11.3 Å². The van der Waals surface area contributed by atoms with Crippen LogP contribution in [0.2, 0.25) is 0 Å². The van der Waals surface area contributed by atoms with Gasteiger partial charge in [0.15, 0.2) is 0 Å². The highest BCUT2D eigenvalue weighted by Gasteiger charge is 2.45. The molecule has 1 heterocycles. The number of nitrogens with one attached hydrogen (secondary N) is 1. The van der Waals surface area contributed by atoms with Crippen molar-refractivity contribution in [2.24, 2.45) is 11.3 Å². The van der Waals surface area contributed by atoms with Crippen molar-refractivity contribution in [2.75, 3.05) is 13.7 Å². The first-order chi connectivity index (χ1) is 15.8. The van der Waals surface area contributed by atoms with Crippen LogP contribution in [0.1, 0.15) is 38.5 Å². The van der Waals surface area contributed by atoms with E-state index in [1.165, 1.54) is 7.11 Å². The Balaban J connectivity index is 1.72. The number of amides is 1. The van der Waals surface area contributed by atoms with E-state index < -0.39 is 29.3 Å². The summed E-state index contributed by atoms with van der Waals surface area (Å²) >= 11 is 0. The molecule has 1 fully saturated rings. The maximum absolute atomic E-state index is 13.3. The van der Waals surface area contributed by atoms with E-state index in [4.69, 9.17) is 4.74 Å². The lowest BCUT2D eigenvalue weighted by atomic mass is 9.75. The predicted octanol–water partition coefficient (Wildman–Crippen LogP) is 2.81. The summed E-state index contributed by atoms with van der Waals surface area (Å²) in [5.74, 6) is -3.23. The van der Waals surface area contributed by atoms with Gasteiger partial charge in [-0.1, -0.05) is 43.2 Å². The SMILES string of the molecule is COCC[C@H](CC1(C(=O)N[C@@H](Cn2cnc(-c3ccccc3)c2)C(=O)O)CCCC1)C(=O)O. The van der Waals surface area contributed by atoms with E-state index in [2.05, 4.69) is 10.3 Å². The maximum atomic E-state index is 13.3. The number of rotatable bonds is 12. The number of methoxy groups -OCH3 is 1. The first-order valence-electron chi connectivity index (χ1n) is 11.2. The van der Waals surface area contributed by atoms with Crippen LogP contribution in [-0.4, -0.2) is 57.4 Å². The molecule has 0 saturated heterocycles. The summed E-state index contributed by atoms with van der Waals surface area (Å²) in [4.78, 5) is 41.3. The van der Waals surface area contributed by atoms with Gasteiger partial charge in [0.25, 0.3) is 0 Å². The molecule has 0 bridgehead atoms. The van der Waals surface area contributed by atoms with Crippen molar-refractivity contribution in [2.45, 2.75) is 51.1 Å². The third-order valence-electron chi connectivity index (χ3n) is 6.40. The molecule has 1 aliphatic carbocycles. The monoisotopic (exact) mass is 457 g/mol. The van der Waals surface area contributed by atoms with E-state index in [0.29, 0.717) is 25.0 Å². The van der Waals surface area contributed by atoms with Crippen LogP contribution in [0.15, 0.2) is 42.9 Å². The minimum absolute atomic E-state index is 0.0169. The molecule has 0 spiro atoms. The van der Waals surface area contributed by atoms with Crippen molar-refractivity contribution < 1.29 is 29.3 Å². The van der Waals surface area contributed by atoms with Gasteiger partial charge in [0.1, 0.15) is 6.04 Å². The number of hydrogen-bond donors (Lipinski definition) is 3. The molecule has 2 atom stereocenters. The average molecular weight is 458 g/mol. The van der Waals surface area contributed by atoms with Gasteiger partial charge in [0.05, 0.1) is 29.9 Å². The number of aliphatic carboxylic acids is 2. The maximum Gasteiger partial charge on any atom is 0.328 e. The predicted molar refractivity (Wildman–Crippen MR) is 120 cm³/mol. The molecular weight excluding hydrogens is 426 g/mol. The molecule has 9 nitrogen and oxygen atoms in total. The summed E-state index contributed by atoms with van der Waals surface area (Å²) in [6.45, 7) is 0.305. The minimum Gasteiger partial charge on any atom is -0.481 e. The molecule has 1 aliphatic rings. The van der Waals surface area contributed by atoms with Crippen LogP contribution in [0.4, 0.5) is 0 Å². The second-order valence-electron chi connectivity index (χ2n) is 8.69. The van der Waals surface area contributed by atoms with Gasteiger partial charge in [-0.05, 0) is 25.7 Å². The third kappa shape index (κ3) is 6.19. The van der Waals surface area contributed by atoms with E-state index in [1.54, 1.807) is 17.1 Å². The van der Waals surface area contributed by atoms with Gasteiger partial charge in [-0.15, -0.1) is 0 Å². The van der Waals surface area contributed by atoms with Crippen LogP contribution in [0.5, 0.6) is 0 Å². The summed E-state index contributed by atoms with van der Waals surface area (Å²) in [5, 5.41) is 22.1. The number of imidazole rings is 1. The fourth-order valence-corrected chi connectivity index (χ4v) is 4.55. The highest BCUT2D eigenvalue weighted by atomic mass is 16.5. The zero-order valence-electron chi connectivity index (χ0n) is 18.8. The lowest BCUT2D eigenvalue weighted by Gasteiger charge is -2.31. The molecule has 1 saturated carbocycles. The Morgan fingerprint density at radius 3 is 2.45 bits per heavy atom. The summed E-state index contributed by atoms with van der Waals surface area (Å²) in [6.07, 6.45) is 6.48. The number of benzene rings is 1. The van der Waals surface area contributed by atoms with Crippen molar-refractivity contribution >= 4 is 17.8 Å². The summed E-state index contributed by atoms with van der Waals surface area (Å²) in [7, 11) is 1.51. The normalized spacial score (nSPS) is 16.8. The number of carboxylic acid groups (broad SMARTS) is 2. The molecular formula is C24H31N3O6. The average Bonchev–Trinajstić information content (AvgIpc) is 3.47. The van der Waals surface area contributed by atoms with E-state index in [0.717, 1.165) is 18.4 Å². The Morgan fingerprint density at radius 2 is 1.85 bits per heavy atom. The van der Waals surface area contributed by atoms with Gasteiger partial charge in [-0.25, -0.2) is 9.78 Å². The van der Waals surface area contributed by atoms with Gasteiger partial charge >= 0.3 is 11.9 Å². The van der Waals surface area contributed by atoms with E-state index >= 15 is 0 Å². The van der Waals surface area contributed by atoms with E-state index in [1.807, 2.05) is 30.3 Å². The molecule has 3 rings (SSSR count). The summed E-state index contributed by atoms with van der Waals surface area (Å²) < 4.78 is 6.67. The zero-order chi connectivity index (χ0) is 23.8. The van der Waals surface area contributed by atoms with Crippen molar-refractivity contribution in [3.05, 3.63) is 42.9 Å². The molecule has 3 N–H and O–H groups in total. The molecule has 2 aromatic rings. The molecule has 1 aromatic carbocycles. The Morgan fingerprint density at radius 1 is 1.15 bits per heavy atom. The van der Waals surface area contributed by atoms with Gasteiger partial charge in [0, 0.05) is 25.5 Å². The molecule has 1 aromatic heterocycles. The topological polar surface area (TPSA) is 131 Å². The number of carboxylic acids is 2. The Labute approximate surface area is 192 Å². The van der Waals surface area contributed by atoms with Crippen LogP contribution in [-0.2, 0) is 25.7 Å². The summed E-state index contributed by atoms with van der Waals surface area (Å²) in [6, 6.07) is 8.36. The van der Waals surface area contributed by atoms with Crippen LogP contribution < -0.4 is 5.32 Å². The number of carbonyl (C=O) groups excluding carboxylic acids is 1. The standard InChI is InChI=1S/C24H31N3O6/c1-33-12-9-18(21(28)29)13-24(10-5-6-11-24)23(32)26-20(22(30)31)15-27-14-19(25-16-27)17-7-3-2-4-8-17/h2-4,7-8,14,16,18,20H,5-6,9-13,15H2,1H3,(H,26,32)(H,28,29)(H,30,31)/t18-,20+/m1/s1. The molecule has 33 heavy (non-hydrogen) atoms. The highest BCUT2D eigenvalue weighted by molar-refractivity contribution is 5.88. The molecule has 178 valence electrons. The van der Waals surface area contributed by atoms with Crippen LogP contribution >= 0.6 is 0 Å². The van der Waals surface area contributed by atoms with Crippen molar-refractivity contribution in [1.29, 1.82) is 0 Å². The Hall–Kier alpha value is -3.20. The van der Waals surface area contributed by atoms with Crippen molar-refractivity contribution in [3.63, 3.8) is 0 Å². The highest BCUT2D eigenvalue weighted by Crippen LogP contribution is 2.44. The van der Waals surface area contributed by atoms with E-state index in [-0.39, 0.29) is 25.5 Å². The number of hydrogen-bond acceptors (Lipinski definition) is 5. The summed E-state index contributed by atoms with van der Waals surface area (Å²) in [5.41, 5.74) is 0.739. The number of carbonyl (C=O) groups is 3. The molecule has 0 aliphatic heterocycles. The van der Waals surface area contributed by atoms with Crippen LogP contribution in [0.3, 0.4) is 0 Å². The van der Waals surface area contributed by atoms with Gasteiger partial charge in [-0.3, -0.25) is 9.59 Å². The molecule has 1 amide bonds. The third-order valence-corrected chi connectivity index (χ3v) is 6.40.